The van der Waals surface area contributed by atoms with Crippen molar-refractivity contribution in [2.75, 3.05) is 7.11 Å². The number of benzene rings is 2. The van der Waals surface area contributed by atoms with Crippen molar-refractivity contribution < 1.29 is 14.6 Å². The van der Waals surface area contributed by atoms with Crippen LogP contribution in [0.25, 0.3) is 11.0 Å². The predicted molar refractivity (Wildman–Crippen MR) is 99.9 cm³/mol. The zero-order valence-electron chi connectivity index (χ0n) is 14.9. The van der Waals surface area contributed by atoms with E-state index in [9.17, 15) is 9.90 Å². The zero-order valence-corrected chi connectivity index (χ0v) is 14.9. The molecule has 0 aliphatic carbocycles. The number of hydrogen-bond donors (Lipinski definition) is 2. The van der Waals surface area contributed by atoms with Gasteiger partial charge < -0.3 is 14.4 Å². The number of aryl methyl sites for hydroxylation is 2. The van der Waals surface area contributed by atoms with E-state index < -0.39 is 0 Å². The number of ether oxygens (including phenoxy) is 1. The molecule has 2 aromatic carbocycles. The summed E-state index contributed by atoms with van der Waals surface area (Å²) in [4.78, 5) is 16.8. The Balaban J connectivity index is 1.77. The Hall–Kier alpha value is -3.35. The van der Waals surface area contributed by atoms with E-state index in [0.717, 1.165) is 23.4 Å². The first-order chi connectivity index (χ1) is 12.5. The highest BCUT2D eigenvalue weighted by Crippen LogP contribution is 2.21. The summed E-state index contributed by atoms with van der Waals surface area (Å²) in [6.45, 7) is 4.81. The second-order valence-corrected chi connectivity index (χ2v) is 5.73. The van der Waals surface area contributed by atoms with Gasteiger partial charge in [-0.15, -0.1) is 0 Å². The fraction of sp³-hybridized carbons (Fsp3) is 0.211. The van der Waals surface area contributed by atoms with Crippen LogP contribution in [0.4, 0.5) is 0 Å². The number of aromatic hydroxyl groups is 1. The summed E-state index contributed by atoms with van der Waals surface area (Å²) in [5.74, 6) is 1.19. The van der Waals surface area contributed by atoms with Crippen LogP contribution in [0.15, 0.2) is 41.5 Å². The fourth-order valence-electron chi connectivity index (χ4n) is 2.78. The number of phenols is 1. The van der Waals surface area contributed by atoms with E-state index in [1.165, 1.54) is 19.4 Å². The molecule has 134 valence electrons. The minimum absolute atomic E-state index is 0.0470. The number of nitrogens with one attached hydrogen (secondary N) is 1. The van der Waals surface area contributed by atoms with Crippen molar-refractivity contribution in [1.29, 1.82) is 0 Å². The number of amides is 1. The Morgan fingerprint density at radius 3 is 2.88 bits per heavy atom. The molecule has 1 heterocycles. The summed E-state index contributed by atoms with van der Waals surface area (Å²) >= 11 is 0. The first-order valence-electron chi connectivity index (χ1n) is 8.20. The van der Waals surface area contributed by atoms with Crippen LogP contribution < -0.4 is 10.2 Å². The molecular weight excluding hydrogens is 332 g/mol. The maximum atomic E-state index is 12.3. The number of methoxy groups -OCH3 is 1. The van der Waals surface area contributed by atoms with Gasteiger partial charge in [0, 0.05) is 17.7 Å². The molecule has 7 nitrogen and oxygen atoms in total. The van der Waals surface area contributed by atoms with Gasteiger partial charge in [0.25, 0.3) is 5.91 Å². The Morgan fingerprint density at radius 1 is 1.35 bits per heavy atom. The van der Waals surface area contributed by atoms with E-state index in [4.69, 9.17) is 4.74 Å². The summed E-state index contributed by atoms with van der Waals surface area (Å²) in [5.41, 5.74) is 5.12. The summed E-state index contributed by atoms with van der Waals surface area (Å²) in [6.07, 6.45) is 1.37. The van der Waals surface area contributed by atoms with Gasteiger partial charge in [-0.2, -0.15) is 5.10 Å². The molecule has 0 aliphatic rings. The molecule has 0 radical (unpaired) electrons. The van der Waals surface area contributed by atoms with Gasteiger partial charge in [0.15, 0.2) is 0 Å². The summed E-state index contributed by atoms with van der Waals surface area (Å²) < 4.78 is 7.18. The second-order valence-electron chi connectivity index (χ2n) is 5.73. The van der Waals surface area contributed by atoms with Gasteiger partial charge in [0.05, 0.1) is 24.4 Å². The lowest BCUT2D eigenvalue weighted by molar-refractivity contribution is 0.0955. The maximum Gasteiger partial charge on any atom is 0.271 e. The monoisotopic (exact) mass is 352 g/mol. The number of rotatable bonds is 5. The Morgan fingerprint density at radius 2 is 2.15 bits per heavy atom. The largest absolute Gasteiger partial charge is 0.507 e. The van der Waals surface area contributed by atoms with Crippen LogP contribution in [0.1, 0.15) is 28.7 Å². The third-order valence-electron chi connectivity index (χ3n) is 4.12. The molecule has 0 atom stereocenters. The van der Waals surface area contributed by atoms with Gasteiger partial charge >= 0.3 is 0 Å². The van der Waals surface area contributed by atoms with Crippen LogP contribution in [0, 0.1) is 6.92 Å². The standard InChI is InChI=1S/C19H20N4O3/c1-4-23-12(2)21-16-10-13(5-7-17(16)23)19(25)22-20-11-14-9-15(26-3)6-8-18(14)24/h5-11,24H,4H2,1-3H3,(H,22,25). The average Bonchev–Trinajstić information content (AvgIpc) is 2.97. The van der Waals surface area contributed by atoms with E-state index >= 15 is 0 Å². The molecule has 1 aromatic heterocycles. The molecule has 0 bridgehead atoms. The number of nitrogens with zero attached hydrogens (tertiary/aromatic N) is 3. The number of carbonyl (C=O) groups excluding carboxylic acids is 1. The summed E-state index contributed by atoms with van der Waals surface area (Å²) in [5, 5.41) is 13.7. The van der Waals surface area contributed by atoms with Gasteiger partial charge in [0.2, 0.25) is 0 Å². The quantitative estimate of drug-likeness (QED) is 0.546. The van der Waals surface area contributed by atoms with Crippen LogP contribution in [-0.2, 0) is 6.54 Å². The van der Waals surface area contributed by atoms with Gasteiger partial charge in [0.1, 0.15) is 17.3 Å². The minimum Gasteiger partial charge on any atom is -0.507 e. The smallest absolute Gasteiger partial charge is 0.271 e. The lowest BCUT2D eigenvalue weighted by Gasteiger charge is -2.04. The molecule has 0 saturated carbocycles. The van der Waals surface area contributed by atoms with E-state index in [0.29, 0.717) is 16.9 Å². The number of imidazole rings is 1. The highest BCUT2D eigenvalue weighted by atomic mass is 16.5. The molecule has 3 rings (SSSR count). The number of phenolic OH excluding ortho intramolecular Hbond substituents is 1. The minimum atomic E-state index is -0.353. The van der Waals surface area contributed by atoms with E-state index in [1.54, 1.807) is 24.3 Å². The van der Waals surface area contributed by atoms with Gasteiger partial charge in [-0.05, 0) is 50.2 Å². The first-order valence-corrected chi connectivity index (χ1v) is 8.20. The molecule has 0 spiro atoms. The van der Waals surface area contributed by atoms with Crippen LogP contribution >= 0.6 is 0 Å². The number of carbonyl (C=O) groups is 1. The van der Waals surface area contributed by atoms with Gasteiger partial charge in [-0.25, -0.2) is 10.4 Å². The van der Waals surface area contributed by atoms with Crippen molar-refractivity contribution in [2.24, 2.45) is 5.10 Å². The second kappa shape index (κ2) is 7.26. The van der Waals surface area contributed by atoms with Crippen molar-refractivity contribution >= 4 is 23.2 Å². The Kier molecular flexibility index (Phi) is 4.88. The van der Waals surface area contributed by atoms with Crippen molar-refractivity contribution in [3.05, 3.63) is 53.3 Å². The van der Waals surface area contributed by atoms with Crippen LogP contribution in [0.5, 0.6) is 11.5 Å². The molecule has 26 heavy (non-hydrogen) atoms. The van der Waals surface area contributed by atoms with Gasteiger partial charge in [-0.3, -0.25) is 4.79 Å². The Labute approximate surface area is 150 Å². The van der Waals surface area contributed by atoms with E-state index in [1.807, 2.05) is 13.0 Å². The summed E-state index contributed by atoms with van der Waals surface area (Å²) in [6, 6.07) is 10.1. The molecule has 0 saturated heterocycles. The third kappa shape index (κ3) is 3.37. The topological polar surface area (TPSA) is 88.7 Å². The van der Waals surface area contributed by atoms with Crippen molar-refractivity contribution in [3.63, 3.8) is 0 Å². The molecule has 2 N–H and O–H groups in total. The highest BCUT2D eigenvalue weighted by Gasteiger charge is 2.10. The lowest BCUT2D eigenvalue weighted by atomic mass is 10.2. The van der Waals surface area contributed by atoms with Crippen molar-refractivity contribution in [1.82, 2.24) is 15.0 Å². The van der Waals surface area contributed by atoms with E-state index in [-0.39, 0.29) is 11.7 Å². The Bertz CT molecular complexity index is 992. The number of aromatic nitrogens is 2. The first kappa shape index (κ1) is 17.5. The number of hydrogen-bond acceptors (Lipinski definition) is 5. The van der Waals surface area contributed by atoms with Crippen LogP contribution in [0.2, 0.25) is 0 Å². The normalized spacial score (nSPS) is 11.2. The zero-order chi connectivity index (χ0) is 18.7. The third-order valence-corrected chi connectivity index (χ3v) is 4.12. The van der Waals surface area contributed by atoms with Crippen LogP contribution in [0.3, 0.4) is 0 Å². The van der Waals surface area contributed by atoms with Crippen molar-refractivity contribution in [3.8, 4) is 11.5 Å². The molecule has 3 aromatic rings. The SMILES string of the molecule is CCn1c(C)nc2cc(C(=O)NN=Cc3cc(OC)ccc3O)ccc21. The molecule has 1 amide bonds. The lowest BCUT2D eigenvalue weighted by Crippen LogP contribution is -2.17. The highest BCUT2D eigenvalue weighted by molar-refractivity contribution is 5.98. The van der Waals surface area contributed by atoms with Gasteiger partial charge in [-0.1, -0.05) is 0 Å². The fourth-order valence-corrected chi connectivity index (χ4v) is 2.78. The molecule has 0 aliphatic heterocycles. The number of hydrazone groups is 1. The predicted octanol–water partition coefficient (Wildman–Crippen LogP) is 2.84. The molecule has 0 unspecified atom stereocenters. The molecule has 0 fully saturated rings. The molecular formula is C19H20N4O3. The summed E-state index contributed by atoms with van der Waals surface area (Å²) in [7, 11) is 1.53. The maximum absolute atomic E-state index is 12.3. The van der Waals surface area contributed by atoms with Crippen LogP contribution in [-0.4, -0.2) is 33.9 Å². The molecule has 7 heteroatoms. The average molecular weight is 352 g/mol. The number of fused-ring (bicyclic) bond motifs is 1. The van der Waals surface area contributed by atoms with Crippen molar-refractivity contribution in [2.45, 2.75) is 20.4 Å². The van der Waals surface area contributed by atoms with E-state index in [2.05, 4.69) is 27.0 Å².